The number of nitriles is 1. The van der Waals surface area contributed by atoms with E-state index >= 15 is 0 Å². The molecule has 1 amide bonds. The summed E-state index contributed by atoms with van der Waals surface area (Å²) < 4.78 is 27.0. The van der Waals surface area contributed by atoms with Crippen molar-refractivity contribution >= 4 is 32.3 Å². The van der Waals surface area contributed by atoms with Gasteiger partial charge in [-0.3, -0.25) is 4.79 Å². The van der Waals surface area contributed by atoms with Crippen LogP contribution in [0.15, 0.2) is 30.3 Å². The molecule has 1 fully saturated rings. The van der Waals surface area contributed by atoms with Gasteiger partial charge >= 0.3 is 0 Å². The van der Waals surface area contributed by atoms with E-state index < -0.39 is 10.0 Å². The summed E-state index contributed by atoms with van der Waals surface area (Å²) >= 11 is 1.55. The van der Waals surface area contributed by atoms with E-state index in [9.17, 15) is 18.5 Å². The number of rotatable bonds is 7. The van der Waals surface area contributed by atoms with Crippen LogP contribution in [0, 0.1) is 11.3 Å². The average Bonchev–Trinajstić information content (AvgIpc) is 2.97. The smallest absolute Gasteiger partial charge is 0.226 e. The molecule has 0 atom stereocenters. The number of amides is 1. The molecular weight excluding hydrogens is 456 g/mol. The maximum atomic E-state index is 12.7. The first kappa shape index (κ1) is 23.9. The molecule has 1 N–H and O–H groups in total. The van der Waals surface area contributed by atoms with Crippen LogP contribution in [0.2, 0.25) is 0 Å². The summed E-state index contributed by atoms with van der Waals surface area (Å²) in [6.45, 7) is 2.67. The minimum absolute atomic E-state index is 0.0161. The molecule has 0 radical (unpaired) electrons. The van der Waals surface area contributed by atoms with E-state index in [4.69, 9.17) is 0 Å². The standard InChI is InChI=1S/C24H30N4O3S2/c25-17-21-20-9-5-2-6-10-22(20)32-24(21)26-23(29)11-12-27-13-15-28(16-14-27)33(30,31)18-19-7-3-1-4-8-19/h1,3-4,7-8H,2,5-6,9-16,18H2,(H,26,29). The van der Waals surface area contributed by atoms with Crippen LogP contribution in [0.3, 0.4) is 0 Å². The van der Waals surface area contributed by atoms with E-state index in [1.165, 1.54) is 11.3 Å². The zero-order chi connectivity index (χ0) is 23.3. The van der Waals surface area contributed by atoms with Crippen molar-refractivity contribution in [2.24, 2.45) is 0 Å². The Morgan fingerprint density at radius 1 is 1.06 bits per heavy atom. The first-order valence-electron chi connectivity index (χ1n) is 11.5. The highest BCUT2D eigenvalue weighted by Crippen LogP contribution is 2.37. The first-order valence-corrected chi connectivity index (χ1v) is 14.0. The number of piperazine rings is 1. The van der Waals surface area contributed by atoms with Gasteiger partial charge in [-0.05, 0) is 36.8 Å². The van der Waals surface area contributed by atoms with E-state index in [2.05, 4.69) is 16.3 Å². The third-order valence-electron chi connectivity index (χ3n) is 6.36. The van der Waals surface area contributed by atoms with Crippen LogP contribution in [0.25, 0.3) is 0 Å². The molecular formula is C24H30N4O3S2. The van der Waals surface area contributed by atoms with Crippen molar-refractivity contribution in [3.8, 4) is 6.07 Å². The number of nitrogens with one attached hydrogen (secondary N) is 1. The Hall–Kier alpha value is -2.25. The molecule has 0 spiro atoms. The number of anilines is 1. The Kier molecular flexibility index (Phi) is 7.81. The van der Waals surface area contributed by atoms with Crippen LogP contribution in [-0.4, -0.2) is 56.3 Å². The Morgan fingerprint density at radius 3 is 2.52 bits per heavy atom. The summed E-state index contributed by atoms with van der Waals surface area (Å²) in [5, 5.41) is 13.3. The minimum atomic E-state index is -3.35. The number of nitrogens with zero attached hydrogens (tertiary/aromatic N) is 3. The van der Waals surface area contributed by atoms with Gasteiger partial charge in [0.1, 0.15) is 11.1 Å². The normalized spacial score (nSPS) is 17.7. The molecule has 2 aliphatic rings. The molecule has 1 aromatic heterocycles. The zero-order valence-electron chi connectivity index (χ0n) is 18.8. The molecule has 2 aromatic rings. The van der Waals surface area contributed by atoms with Crippen molar-refractivity contribution in [1.82, 2.24) is 9.21 Å². The predicted molar refractivity (Wildman–Crippen MR) is 131 cm³/mol. The molecule has 1 aromatic carbocycles. The number of benzene rings is 1. The van der Waals surface area contributed by atoms with E-state index in [0.717, 1.165) is 36.8 Å². The summed E-state index contributed by atoms with van der Waals surface area (Å²) in [4.78, 5) is 16.0. The van der Waals surface area contributed by atoms with Crippen LogP contribution in [0.4, 0.5) is 5.00 Å². The summed E-state index contributed by atoms with van der Waals surface area (Å²) in [6.07, 6.45) is 5.65. The van der Waals surface area contributed by atoms with Crippen LogP contribution in [0.1, 0.15) is 47.3 Å². The second-order valence-corrected chi connectivity index (χ2v) is 11.7. The largest absolute Gasteiger partial charge is 0.317 e. The second kappa shape index (κ2) is 10.8. The lowest BCUT2D eigenvalue weighted by atomic mass is 10.1. The van der Waals surface area contributed by atoms with Crippen molar-refractivity contribution in [2.75, 3.05) is 38.0 Å². The fraction of sp³-hybridized carbons (Fsp3) is 0.500. The van der Waals surface area contributed by atoms with E-state index in [0.29, 0.717) is 49.7 Å². The monoisotopic (exact) mass is 486 g/mol. The fourth-order valence-corrected chi connectivity index (χ4v) is 7.28. The molecule has 0 bridgehead atoms. The van der Waals surface area contributed by atoms with Crippen LogP contribution in [-0.2, 0) is 33.4 Å². The summed E-state index contributed by atoms with van der Waals surface area (Å²) in [6, 6.07) is 11.5. The zero-order valence-corrected chi connectivity index (χ0v) is 20.4. The molecule has 1 saturated heterocycles. The van der Waals surface area contributed by atoms with E-state index in [1.54, 1.807) is 15.6 Å². The minimum Gasteiger partial charge on any atom is -0.317 e. The van der Waals surface area contributed by atoms with E-state index in [1.807, 2.05) is 30.3 Å². The quantitative estimate of drug-likeness (QED) is 0.606. The molecule has 176 valence electrons. The maximum Gasteiger partial charge on any atom is 0.226 e. The molecule has 7 nitrogen and oxygen atoms in total. The third kappa shape index (κ3) is 6.01. The number of hydrogen-bond donors (Lipinski definition) is 1. The molecule has 4 rings (SSSR count). The Bertz CT molecular complexity index is 1110. The Morgan fingerprint density at radius 2 is 1.79 bits per heavy atom. The average molecular weight is 487 g/mol. The topological polar surface area (TPSA) is 93.5 Å². The van der Waals surface area contributed by atoms with Crippen molar-refractivity contribution < 1.29 is 13.2 Å². The van der Waals surface area contributed by atoms with Gasteiger partial charge in [0, 0.05) is 44.0 Å². The van der Waals surface area contributed by atoms with Gasteiger partial charge in [-0.25, -0.2) is 8.42 Å². The Labute approximate surface area is 200 Å². The SMILES string of the molecule is N#Cc1c(NC(=O)CCN2CCN(S(=O)(=O)Cc3ccccc3)CC2)sc2c1CCCCC2. The number of carbonyl (C=O) groups is 1. The lowest BCUT2D eigenvalue weighted by Gasteiger charge is -2.33. The number of thiophene rings is 1. The Balaban J connectivity index is 1.26. The highest BCUT2D eigenvalue weighted by atomic mass is 32.2. The molecule has 1 aliphatic heterocycles. The number of fused-ring (bicyclic) bond motifs is 1. The van der Waals surface area contributed by atoms with Crippen LogP contribution >= 0.6 is 11.3 Å². The lowest BCUT2D eigenvalue weighted by molar-refractivity contribution is -0.116. The maximum absolute atomic E-state index is 12.7. The van der Waals surface area contributed by atoms with Gasteiger partial charge in [0.05, 0.1) is 11.3 Å². The highest BCUT2D eigenvalue weighted by molar-refractivity contribution is 7.88. The number of hydrogen-bond acceptors (Lipinski definition) is 6. The van der Waals surface area contributed by atoms with Gasteiger partial charge in [0.2, 0.25) is 15.9 Å². The molecule has 2 heterocycles. The van der Waals surface area contributed by atoms with Gasteiger partial charge in [0.15, 0.2) is 0 Å². The molecule has 0 unspecified atom stereocenters. The molecule has 1 aliphatic carbocycles. The van der Waals surface area contributed by atoms with Gasteiger partial charge in [-0.2, -0.15) is 9.57 Å². The predicted octanol–water partition coefficient (Wildman–Crippen LogP) is 3.36. The van der Waals surface area contributed by atoms with Gasteiger partial charge in [0.25, 0.3) is 0 Å². The molecule has 33 heavy (non-hydrogen) atoms. The van der Waals surface area contributed by atoms with Gasteiger partial charge < -0.3 is 10.2 Å². The number of carbonyl (C=O) groups excluding carboxylic acids is 1. The van der Waals surface area contributed by atoms with Crippen molar-refractivity contribution in [1.29, 1.82) is 5.26 Å². The first-order chi connectivity index (χ1) is 16.0. The summed E-state index contributed by atoms with van der Waals surface area (Å²) in [5.41, 5.74) is 2.56. The number of aryl methyl sites for hydroxylation is 1. The lowest BCUT2D eigenvalue weighted by Crippen LogP contribution is -2.49. The summed E-state index contributed by atoms with van der Waals surface area (Å²) in [5.74, 6) is -0.0792. The van der Waals surface area contributed by atoms with Gasteiger partial charge in [-0.15, -0.1) is 11.3 Å². The van der Waals surface area contributed by atoms with Crippen LogP contribution in [0.5, 0.6) is 0 Å². The third-order valence-corrected chi connectivity index (χ3v) is 9.41. The second-order valence-electron chi connectivity index (χ2n) is 8.66. The van der Waals surface area contributed by atoms with Crippen molar-refractivity contribution in [3.05, 3.63) is 51.9 Å². The molecule has 0 saturated carbocycles. The van der Waals surface area contributed by atoms with E-state index in [-0.39, 0.29) is 11.7 Å². The fourth-order valence-electron chi connectivity index (χ4n) is 4.51. The molecule has 9 heteroatoms. The number of sulfonamides is 1. The van der Waals surface area contributed by atoms with Gasteiger partial charge in [-0.1, -0.05) is 36.8 Å². The van der Waals surface area contributed by atoms with Crippen molar-refractivity contribution in [3.63, 3.8) is 0 Å². The summed E-state index contributed by atoms with van der Waals surface area (Å²) in [7, 11) is -3.35. The van der Waals surface area contributed by atoms with Crippen molar-refractivity contribution in [2.45, 2.75) is 44.3 Å². The van der Waals surface area contributed by atoms with Crippen LogP contribution < -0.4 is 5.32 Å². The highest BCUT2D eigenvalue weighted by Gasteiger charge is 2.27.